The maximum absolute atomic E-state index is 12.7. The molecule has 1 aliphatic carbocycles. The molecule has 2 aromatic heterocycles. The van der Waals surface area contributed by atoms with Crippen LogP contribution in [0.15, 0.2) is 36.9 Å². The molecule has 0 spiro atoms. The molecule has 10 heteroatoms. The standard InChI is InChI=1S/C24H26F3N5O2/c25-24(26,27)17-14-30-22(31-15-17)11-16-1-3-19(4-2-16)34-21-13-18(32-7-9-33-10-8-32)12-20-23(21)29-6-5-28-20/h5-6,12-16,19H,1-4,7-11H2. The van der Waals surface area contributed by atoms with Gasteiger partial charge in [0, 0.05) is 56.1 Å². The Morgan fingerprint density at radius 1 is 0.941 bits per heavy atom. The SMILES string of the molecule is FC(F)(F)c1cnc(CC2CCC(Oc3cc(N4CCOCC4)cc4nccnc34)CC2)nc1. The summed E-state index contributed by atoms with van der Waals surface area (Å²) in [6.45, 7) is 3.04. The van der Waals surface area contributed by atoms with Gasteiger partial charge >= 0.3 is 6.18 Å². The highest BCUT2D eigenvalue weighted by molar-refractivity contribution is 5.85. The number of anilines is 1. The highest BCUT2D eigenvalue weighted by Gasteiger charge is 2.31. The third-order valence-electron chi connectivity index (χ3n) is 6.49. The van der Waals surface area contributed by atoms with Crippen LogP contribution < -0.4 is 9.64 Å². The Bertz CT molecular complexity index is 1110. The lowest BCUT2D eigenvalue weighted by Crippen LogP contribution is -2.36. The van der Waals surface area contributed by atoms with Crippen molar-refractivity contribution in [3.63, 3.8) is 0 Å². The topological polar surface area (TPSA) is 73.3 Å². The second kappa shape index (κ2) is 9.69. The van der Waals surface area contributed by atoms with Crippen molar-refractivity contribution in [3.05, 3.63) is 48.3 Å². The van der Waals surface area contributed by atoms with E-state index in [1.807, 2.05) is 12.1 Å². The van der Waals surface area contributed by atoms with Gasteiger partial charge in [0.1, 0.15) is 17.1 Å². The van der Waals surface area contributed by atoms with Gasteiger partial charge in [0.2, 0.25) is 0 Å². The summed E-state index contributed by atoms with van der Waals surface area (Å²) in [6.07, 6.45) is 4.82. The number of hydrogen-bond donors (Lipinski definition) is 0. The fourth-order valence-electron chi connectivity index (χ4n) is 4.62. The molecule has 1 saturated heterocycles. The van der Waals surface area contributed by atoms with E-state index in [1.165, 1.54) is 0 Å². The van der Waals surface area contributed by atoms with E-state index in [4.69, 9.17) is 9.47 Å². The quantitative estimate of drug-likeness (QED) is 0.542. The number of hydrogen-bond acceptors (Lipinski definition) is 7. The zero-order valence-electron chi connectivity index (χ0n) is 18.7. The highest BCUT2D eigenvalue weighted by Crippen LogP contribution is 2.35. The second-order valence-corrected chi connectivity index (χ2v) is 8.82. The van der Waals surface area contributed by atoms with Crippen molar-refractivity contribution in [1.29, 1.82) is 0 Å². The summed E-state index contributed by atoms with van der Waals surface area (Å²) < 4.78 is 50.1. The largest absolute Gasteiger partial charge is 0.488 e. The van der Waals surface area contributed by atoms with E-state index >= 15 is 0 Å². The van der Waals surface area contributed by atoms with Crippen LogP contribution in [0.2, 0.25) is 0 Å². The van der Waals surface area contributed by atoms with Crippen molar-refractivity contribution in [2.24, 2.45) is 5.92 Å². The number of halogens is 3. The number of benzene rings is 1. The monoisotopic (exact) mass is 473 g/mol. The Morgan fingerprint density at radius 2 is 1.65 bits per heavy atom. The first-order valence-corrected chi connectivity index (χ1v) is 11.6. The van der Waals surface area contributed by atoms with Crippen LogP contribution in [0.4, 0.5) is 18.9 Å². The van der Waals surface area contributed by atoms with Crippen LogP contribution in [0.5, 0.6) is 5.75 Å². The summed E-state index contributed by atoms with van der Waals surface area (Å²) in [4.78, 5) is 19.1. The second-order valence-electron chi connectivity index (χ2n) is 8.82. The van der Waals surface area contributed by atoms with E-state index in [1.54, 1.807) is 12.4 Å². The van der Waals surface area contributed by atoms with Gasteiger partial charge in [-0.1, -0.05) is 0 Å². The van der Waals surface area contributed by atoms with Gasteiger partial charge in [0.25, 0.3) is 0 Å². The Labute approximate surface area is 195 Å². The van der Waals surface area contributed by atoms with Crippen molar-refractivity contribution < 1.29 is 22.6 Å². The summed E-state index contributed by atoms with van der Waals surface area (Å²) >= 11 is 0. The lowest BCUT2D eigenvalue weighted by molar-refractivity contribution is -0.138. The number of fused-ring (bicyclic) bond motifs is 1. The maximum atomic E-state index is 12.7. The Balaban J connectivity index is 1.23. The van der Waals surface area contributed by atoms with Crippen molar-refractivity contribution >= 4 is 16.7 Å². The average Bonchev–Trinajstić information content (AvgIpc) is 2.85. The van der Waals surface area contributed by atoms with Crippen molar-refractivity contribution in [2.75, 3.05) is 31.2 Å². The van der Waals surface area contributed by atoms with Gasteiger partial charge in [-0.05, 0) is 37.7 Å². The zero-order chi connectivity index (χ0) is 23.5. The first-order chi connectivity index (χ1) is 16.5. The van der Waals surface area contributed by atoms with Gasteiger partial charge in [0.05, 0.1) is 30.4 Å². The van der Waals surface area contributed by atoms with Crippen LogP contribution in [0.3, 0.4) is 0 Å². The van der Waals surface area contributed by atoms with Crippen LogP contribution in [0, 0.1) is 5.92 Å². The van der Waals surface area contributed by atoms with Crippen LogP contribution in [-0.2, 0) is 17.3 Å². The van der Waals surface area contributed by atoms with Crippen molar-refractivity contribution in [1.82, 2.24) is 19.9 Å². The van der Waals surface area contributed by atoms with Gasteiger partial charge < -0.3 is 14.4 Å². The number of morpholine rings is 1. The minimum absolute atomic E-state index is 0.0509. The van der Waals surface area contributed by atoms with Crippen molar-refractivity contribution in [2.45, 2.75) is 44.4 Å². The molecule has 180 valence electrons. The summed E-state index contributed by atoms with van der Waals surface area (Å²) in [5.74, 6) is 1.52. The predicted molar refractivity (Wildman–Crippen MR) is 120 cm³/mol. The van der Waals surface area contributed by atoms with Gasteiger partial charge in [0.15, 0.2) is 0 Å². The van der Waals surface area contributed by atoms with Gasteiger partial charge in [-0.2, -0.15) is 13.2 Å². The van der Waals surface area contributed by atoms with Crippen LogP contribution in [-0.4, -0.2) is 52.3 Å². The highest BCUT2D eigenvalue weighted by atomic mass is 19.4. The average molecular weight is 473 g/mol. The molecule has 5 rings (SSSR count). The van der Waals surface area contributed by atoms with Gasteiger partial charge in [-0.3, -0.25) is 4.98 Å². The lowest BCUT2D eigenvalue weighted by atomic mass is 9.85. The molecule has 0 atom stereocenters. The summed E-state index contributed by atoms with van der Waals surface area (Å²) in [5, 5.41) is 0. The van der Waals surface area contributed by atoms with Gasteiger partial charge in [-0.15, -0.1) is 0 Å². The molecule has 1 saturated carbocycles. The van der Waals surface area contributed by atoms with Crippen LogP contribution >= 0.6 is 0 Å². The molecule has 0 unspecified atom stereocenters. The molecule has 3 heterocycles. The number of ether oxygens (including phenoxy) is 2. The number of alkyl halides is 3. The third kappa shape index (κ3) is 5.22. The molecule has 2 aliphatic rings. The maximum Gasteiger partial charge on any atom is 0.419 e. The van der Waals surface area contributed by atoms with Crippen LogP contribution in [0.1, 0.15) is 37.1 Å². The number of rotatable bonds is 5. The molecule has 1 aliphatic heterocycles. The lowest BCUT2D eigenvalue weighted by Gasteiger charge is -2.31. The fourth-order valence-corrected chi connectivity index (χ4v) is 4.62. The summed E-state index contributed by atoms with van der Waals surface area (Å²) in [5.41, 5.74) is 1.79. The predicted octanol–water partition coefficient (Wildman–Crippen LogP) is 4.46. The molecule has 34 heavy (non-hydrogen) atoms. The molecule has 1 aromatic carbocycles. The van der Waals surface area contributed by atoms with E-state index in [2.05, 4.69) is 24.8 Å². The third-order valence-corrected chi connectivity index (χ3v) is 6.49. The number of aromatic nitrogens is 4. The minimum atomic E-state index is -4.42. The molecule has 0 bridgehead atoms. The molecular formula is C24H26F3N5O2. The van der Waals surface area contributed by atoms with E-state index in [0.717, 1.165) is 73.6 Å². The first-order valence-electron chi connectivity index (χ1n) is 11.6. The summed E-state index contributed by atoms with van der Waals surface area (Å²) in [6, 6.07) is 4.09. The molecular weight excluding hydrogens is 447 g/mol. The van der Waals surface area contributed by atoms with Crippen molar-refractivity contribution in [3.8, 4) is 5.75 Å². The molecule has 0 N–H and O–H groups in total. The Hall–Kier alpha value is -3.01. The van der Waals surface area contributed by atoms with E-state index < -0.39 is 11.7 Å². The molecule has 0 radical (unpaired) electrons. The minimum Gasteiger partial charge on any atom is -0.488 e. The van der Waals surface area contributed by atoms with E-state index in [0.29, 0.717) is 31.4 Å². The van der Waals surface area contributed by atoms with Gasteiger partial charge in [-0.25, -0.2) is 15.0 Å². The van der Waals surface area contributed by atoms with E-state index in [9.17, 15) is 13.2 Å². The normalized spacial score (nSPS) is 21.6. The molecule has 3 aromatic rings. The molecule has 0 amide bonds. The first kappa shape index (κ1) is 22.8. The molecule has 7 nitrogen and oxygen atoms in total. The Kier molecular flexibility index (Phi) is 6.49. The molecule has 2 fully saturated rings. The Morgan fingerprint density at radius 3 is 2.35 bits per heavy atom. The van der Waals surface area contributed by atoms with Crippen LogP contribution in [0.25, 0.3) is 11.0 Å². The fraction of sp³-hybridized carbons (Fsp3) is 0.500. The number of nitrogens with zero attached hydrogens (tertiary/aromatic N) is 5. The summed E-state index contributed by atoms with van der Waals surface area (Å²) in [7, 11) is 0. The zero-order valence-corrected chi connectivity index (χ0v) is 18.7. The van der Waals surface area contributed by atoms with E-state index in [-0.39, 0.29) is 6.10 Å². The smallest absolute Gasteiger partial charge is 0.419 e.